The number of cyclic esters (lactones) is 2. The van der Waals surface area contributed by atoms with Crippen LogP contribution < -0.4 is 10.6 Å². The lowest BCUT2D eigenvalue weighted by atomic mass is 9.48. The molecular weight excluding hydrogens is 797 g/mol. The van der Waals surface area contributed by atoms with Gasteiger partial charge in [0.15, 0.2) is 17.9 Å². The SMILES string of the molecule is CC(=O)OC1CCC2(C)C(=CCC3C4CCC(=O)C4(C)CCC32)C1.CCCCCC1C(=O)OC(C)C(NC(=O)c2cccc(NC=O)c2O)C(=O)OC(C)C1OC(=O)CC(C)C. The lowest BCUT2D eigenvalue weighted by Gasteiger charge is -2.56. The fourth-order valence-electron chi connectivity index (χ4n) is 11.0. The van der Waals surface area contributed by atoms with E-state index < -0.39 is 59.8 Å². The molecule has 14 heteroatoms. The molecule has 3 saturated carbocycles. The summed E-state index contributed by atoms with van der Waals surface area (Å²) in [6.45, 7) is 14.9. The Balaban J connectivity index is 0.000000257. The fourth-order valence-corrected chi connectivity index (χ4v) is 11.0. The summed E-state index contributed by atoms with van der Waals surface area (Å²) in [6, 6.07) is 2.71. The normalized spacial score (nSPS) is 32.9. The Morgan fingerprint density at radius 3 is 2.32 bits per heavy atom. The number of rotatable bonds is 12. The summed E-state index contributed by atoms with van der Waals surface area (Å²) in [7, 11) is 0. The van der Waals surface area contributed by atoms with Crippen molar-refractivity contribution in [3.8, 4) is 5.75 Å². The van der Waals surface area contributed by atoms with Gasteiger partial charge in [0.1, 0.15) is 24.1 Å². The first kappa shape index (κ1) is 48.3. The Bertz CT molecular complexity index is 1880. The zero-order chi connectivity index (χ0) is 45.5. The van der Waals surface area contributed by atoms with E-state index in [9.17, 15) is 38.7 Å². The fraction of sp³-hybridized carbons (Fsp3) is 0.688. The maximum absolute atomic E-state index is 13.3. The topological polar surface area (TPSA) is 201 Å². The molecule has 0 aromatic heterocycles. The number of unbranched alkanes of at least 4 members (excludes halogenated alkanes) is 2. The number of phenolic OH excluding ortho intramolecular Hbond substituents is 1. The van der Waals surface area contributed by atoms with Crippen molar-refractivity contribution in [1.29, 1.82) is 0 Å². The van der Waals surface area contributed by atoms with Gasteiger partial charge in [0.2, 0.25) is 6.41 Å². The molecule has 5 aliphatic rings. The van der Waals surface area contributed by atoms with Crippen molar-refractivity contribution in [3.63, 3.8) is 0 Å². The third kappa shape index (κ3) is 10.7. The van der Waals surface area contributed by atoms with Crippen molar-refractivity contribution in [2.75, 3.05) is 5.32 Å². The molecule has 11 unspecified atom stereocenters. The van der Waals surface area contributed by atoms with Crippen LogP contribution in [0.25, 0.3) is 0 Å². The highest BCUT2D eigenvalue weighted by Crippen LogP contribution is 2.64. The number of para-hydroxylation sites is 1. The summed E-state index contributed by atoms with van der Waals surface area (Å²) < 4.78 is 22.4. The Labute approximate surface area is 366 Å². The molecule has 0 spiro atoms. The lowest BCUT2D eigenvalue weighted by Crippen LogP contribution is -2.50. The van der Waals surface area contributed by atoms with E-state index in [1.165, 1.54) is 51.0 Å². The van der Waals surface area contributed by atoms with Gasteiger partial charge in [-0.2, -0.15) is 0 Å². The van der Waals surface area contributed by atoms with Gasteiger partial charge in [-0.15, -0.1) is 0 Å². The number of fused-ring (bicyclic) bond motifs is 5. The van der Waals surface area contributed by atoms with Crippen molar-refractivity contribution < 1.29 is 57.6 Å². The van der Waals surface area contributed by atoms with Crippen LogP contribution in [0.4, 0.5) is 5.69 Å². The number of anilines is 1. The average molecular weight is 865 g/mol. The Morgan fingerprint density at radius 1 is 0.952 bits per heavy atom. The number of ether oxygens (including phenoxy) is 4. The molecule has 11 atom stereocenters. The number of hydrogen-bond donors (Lipinski definition) is 3. The van der Waals surface area contributed by atoms with Crippen LogP contribution in [0.1, 0.15) is 149 Å². The first-order chi connectivity index (χ1) is 29.3. The van der Waals surface area contributed by atoms with Crippen LogP contribution in [-0.4, -0.2) is 77.5 Å². The van der Waals surface area contributed by atoms with Crippen molar-refractivity contribution in [1.82, 2.24) is 5.32 Å². The molecule has 62 heavy (non-hydrogen) atoms. The second-order valence-electron chi connectivity index (χ2n) is 19.0. The molecule has 6 rings (SSSR count). The number of Topliss-reactive ketones (excluding diaryl/α,β-unsaturated/α-hetero) is 1. The molecule has 14 nitrogen and oxygen atoms in total. The summed E-state index contributed by atoms with van der Waals surface area (Å²) in [5.41, 5.74) is 1.52. The molecule has 1 heterocycles. The zero-order valence-corrected chi connectivity index (χ0v) is 37.8. The highest BCUT2D eigenvalue weighted by Gasteiger charge is 2.58. The van der Waals surface area contributed by atoms with Gasteiger partial charge in [-0.1, -0.05) is 71.6 Å². The number of benzene rings is 1. The molecule has 1 aliphatic heterocycles. The van der Waals surface area contributed by atoms with E-state index in [2.05, 4.69) is 30.6 Å². The van der Waals surface area contributed by atoms with E-state index in [4.69, 9.17) is 18.9 Å². The zero-order valence-electron chi connectivity index (χ0n) is 37.8. The van der Waals surface area contributed by atoms with Crippen LogP contribution in [0.2, 0.25) is 0 Å². The number of esters is 4. The molecule has 4 aliphatic carbocycles. The minimum absolute atomic E-state index is 0.00114. The van der Waals surface area contributed by atoms with Gasteiger partial charge in [-0.05, 0) is 100 Å². The number of ketones is 1. The molecule has 1 saturated heterocycles. The van der Waals surface area contributed by atoms with Gasteiger partial charge in [0.25, 0.3) is 5.91 Å². The Morgan fingerprint density at radius 2 is 1.65 bits per heavy atom. The molecule has 342 valence electrons. The van der Waals surface area contributed by atoms with Crippen molar-refractivity contribution in [2.45, 2.75) is 169 Å². The van der Waals surface area contributed by atoms with Crippen molar-refractivity contribution >= 4 is 47.7 Å². The molecule has 4 fully saturated rings. The molecule has 0 radical (unpaired) electrons. The molecule has 0 bridgehead atoms. The minimum atomic E-state index is -1.42. The number of allylic oxidation sites excluding steroid dienone is 1. The maximum atomic E-state index is 13.3. The van der Waals surface area contributed by atoms with Gasteiger partial charge in [0.05, 0.1) is 17.2 Å². The maximum Gasteiger partial charge on any atom is 0.332 e. The van der Waals surface area contributed by atoms with Gasteiger partial charge >= 0.3 is 23.9 Å². The predicted molar refractivity (Wildman–Crippen MR) is 229 cm³/mol. The van der Waals surface area contributed by atoms with Gasteiger partial charge in [-0.3, -0.25) is 28.8 Å². The van der Waals surface area contributed by atoms with Crippen LogP contribution in [0.3, 0.4) is 0 Å². The number of carbonyl (C=O) groups is 7. The smallest absolute Gasteiger partial charge is 0.332 e. The second kappa shape index (κ2) is 20.6. The third-order valence-electron chi connectivity index (χ3n) is 14.3. The van der Waals surface area contributed by atoms with Crippen LogP contribution in [0.15, 0.2) is 29.8 Å². The first-order valence-corrected chi connectivity index (χ1v) is 22.7. The Hall–Kier alpha value is -4.75. The van der Waals surface area contributed by atoms with Crippen LogP contribution in [-0.2, 0) is 47.7 Å². The number of amides is 2. The quantitative estimate of drug-likeness (QED) is 0.0466. The second-order valence-corrected chi connectivity index (χ2v) is 19.0. The van der Waals surface area contributed by atoms with E-state index in [0.29, 0.717) is 42.8 Å². The van der Waals surface area contributed by atoms with Gasteiger partial charge in [-0.25, -0.2) is 4.79 Å². The average Bonchev–Trinajstić information content (AvgIpc) is 3.52. The molecule has 2 amide bonds. The first-order valence-electron chi connectivity index (χ1n) is 22.7. The summed E-state index contributed by atoms with van der Waals surface area (Å²) in [5.74, 6) is -1.94. The lowest BCUT2D eigenvalue weighted by molar-refractivity contribution is -0.175. The van der Waals surface area contributed by atoms with E-state index in [-0.39, 0.29) is 46.5 Å². The van der Waals surface area contributed by atoms with Crippen LogP contribution in [0.5, 0.6) is 5.75 Å². The molecule has 1 aromatic rings. The number of aromatic hydroxyl groups is 1. The largest absolute Gasteiger partial charge is 0.505 e. The minimum Gasteiger partial charge on any atom is -0.505 e. The van der Waals surface area contributed by atoms with Crippen molar-refractivity contribution in [2.24, 2.45) is 40.4 Å². The van der Waals surface area contributed by atoms with E-state index in [0.717, 1.165) is 57.8 Å². The van der Waals surface area contributed by atoms with Gasteiger partial charge < -0.3 is 34.7 Å². The highest BCUT2D eigenvalue weighted by molar-refractivity contribution is 6.01. The molecule has 1 aromatic carbocycles. The van der Waals surface area contributed by atoms with E-state index in [1.54, 1.807) is 0 Å². The summed E-state index contributed by atoms with van der Waals surface area (Å²) in [4.78, 5) is 86.5. The Kier molecular flexibility index (Phi) is 16.1. The van der Waals surface area contributed by atoms with E-state index >= 15 is 0 Å². The number of nitrogens with one attached hydrogen (secondary N) is 2. The summed E-state index contributed by atoms with van der Waals surface area (Å²) in [5, 5.41) is 15.1. The third-order valence-corrected chi connectivity index (χ3v) is 14.3. The number of carbonyl (C=O) groups excluding carboxylic acids is 7. The molecule has 3 N–H and O–H groups in total. The summed E-state index contributed by atoms with van der Waals surface area (Å²) >= 11 is 0. The predicted octanol–water partition coefficient (Wildman–Crippen LogP) is 7.54. The summed E-state index contributed by atoms with van der Waals surface area (Å²) in [6.07, 6.45) is 10.9. The van der Waals surface area contributed by atoms with Gasteiger partial charge in [0, 0.05) is 31.6 Å². The van der Waals surface area contributed by atoms with Crippen LogP contribution >= 0.6 is 0 Å². The van der Waals surface area contributed by atoms with Crippen LogP contribution in [0, 0.1) is 40.4 Å². The van der Waals surface area contributed by atoms with E-state index in [1.807, 2.05) is 20.8 Å². The standard InChI is InChI=1S/C27H38N2O9.C21H30O3/c1-6-7-8-10-19-24(38-21(31)13-15(2)3)17(5)37-27(35)22(16(4)36-26(19)34)29-25(33)18-11-9-12-20(23(18)32)28-14-30;1-13(22)24-15-8-10-20(2)14(12-15)4-5-16-17-6-7-19(23)21(17,3)11-9-18(16)20/h9,11-12,14-17,19,22,24,32H,6-8,10,13H2,1-5H3,(H,28,30)(H,29,33);4,15-18H,5-12H2,1-3H3. The monoisotopic (exact) mass is 864 g/mol. The molecular formula is C48H68N2O12. The number of phenols is 1. The van der Waals surface area contributed by atoms with Crippen molar-refractivity contribution in [3.05, 3.63) is 35.4 Å². The highest BCUT2D eigenvalue weighted by atomic mass is 16.6. The number of hydrogen-bond acceptors (Lipinski definition) is 12.